The van der Waals surface area contributed by atoms with Crippen LogP contribution in [0.4, 0.5) is 0 Å². The number of benzene rings is 1. The maximum Gasteiger partial charge on any atom is 0.257 e. The van der Waals surface area contributed by atoms with Gasteiger partial charge in [-0.3, -0.25) is 14.4 Å². The van der Waals surface area contributed by atoms with Crippen LogP contribution in [0.5, 0.6) is 5.75 Å². The largest absolute Gasteiger partial charge is 0.496 e. The Morgan fingerprint density at radius 3 is 2.38 bits per heavy atom. The summed E-state index contributed by atoms with van der Waals surface area (Å²) < 4.78 is 5.34. The fourth-order valence-corrected chi connectivity index (χ4v) is 5.19. The van der Waals surface area contributed by atoms with Gasteiger partial charge < -0.3 is 19.4 Å². The van der Waals surface area contributed by atoms with E-state index in [2.05, 4.69) is 0 Å². The molecule has 0 aromatic heterocycles. The van der Waals surface area contributed by atoms with E-state index >= 15 is 0 Å². The van der Waals surface area contributed by atoms with Crippen LogP contribution >= 0.6 is 11.6 Å². The van der Waals surface area contributed by atoms with Gasteiger partial charge in [-0.25, -0.2) is 0 Å². The maximum atomic E-state index is 13.5. The molecule has 0 saturated carbocycles. The smallest absolute Gasteiger partial charge is 0.257 e. The van der Waals surface area contributed by atoms with E-state index in [-0.39, 0.29) is 23.6 Å². The Kier molecular flexibility index (Phi) is 5.19. The average Bonchev–Trinajstić information content (AvgIpc) is 3.41. The van der Waals surface area contributed by atoms with E-state index in [4.69, 9.17) is 16.3 Å². The van der Waals surface area contributed by atoms with Crippen LogP contribution in [0.25, 0.3) is 0 Å². The molecular formula is C21H26ClN3O4. The number of nitrogens with zero attached hydrogens (tertiary/aromatic N) is 3. The Morgan fingerprint density at radius 1 is 1.07 bits per heavy atom. The van der Waals surface area contributed by atoms with Gasteiger partial charge in [-0.15, -0.1) is 0 Å². The average molecular weight is 420 g/mol. The number of hydrogen-bond donors (Lipinski definition) is 0. The number of rotatable bonds is 3. The molecule has 4 rings (SSSR count). The van der Waals surface area contributed by atoms with E-state index in [1.165, 1.54) is 14.0 Å². The fourth-order valence-electron chi connectivity index (χ4n) is 5.02. The number of halogens is 1. The summed E-state index contributed by atoms with van der Waals surface area (Å²) in [5, 5.41) is 0.458. The van der Waals surface area contributed by atoms with Gasteiger partial charge in [-0.1, -0.05) is 11.6 Å². The molecule has 7 nitrogen and oxygen atoms in total. The molecule has 3 saturated heterocycles. The Bertz CT molecular complexity index is 854. The first-order valence-electron chi connectivity index (χ1n) is 10.0. The van der Waals surface area contributed by atoms with Crippen LogP contribution < -0.4 is 4.74 Å². The second-order valence-corrected chi connectivity index (χ2v) is 8.72. The number of ether oxygens (including phenoxy) is 1. The number of hydrogen-bond acceptors (Lipinski definition) is 4. The topological polar surface area (TPSA) is 70.2 Å². The van der Waals surface area contributed by atoms with Gasteiger partial charge in [0.1, 0.15) is 5.75 Å². The Morgan fingerprint density at radius 2 is 1.72 bits per heavy atom. The van der Waals surface area contributed by atoms with Crippen molar-refractivity contribution in [1.29, 1.82) is 0 Å². The van der Waals surface area contributed by atoms with Crippen LogP contribution in [0.2, 0.25) is 5.02 Å². The van der Waals surface area contributed by atoms with E-state index < -0.39 is 5.41 Å². The zero-order chi connectivity index (χ0) is 20.8. The van der Waals surface area contributed by atoms with Crippen molar-refractivity contribution in [2.75, 3.05) is 46.4 Å². The van der Waals surface area contributed by atoms with Crippen LogP contribution in [0, 0.1) is 11.3 Å². The summed E-state index contributed by atoms with van der Waals surface area (Å²) in [4.78, 5) is 44.2. The molecule has 2 atom stereocenters. The summed E-state index contributed by atoms with van der Waals surface area (Å²) in [7, 11) is 1.52. The lowest BCUT2D eigenvalue weighted by Gasteiger charge is -2.32. The summed E-state index contributed by atoms with van der Waals surface area (Å²) >= 11 is 6.11. The van der Waals surface area contributed by atoms with E-state index in [1.807, 2.05) is 4.90 Å². The lowest BCUT2D eigenvalue weighted by molar-refractivity contribution is -0.141. The lowest BCUT2D eigenvalue weighted by atomic mass is 9.79. The lowest BCUT2D eigenvalue weighted by Crippen LogP contribution is -2.49. The number of carbonyl (C=O) groups excluding carboxylic acids is 3. The highest BCUT2D eigenvalue weighted by atomic mass is 35.5. The highest BCUT2D eigenvalue weighted by Gasteiger charge is 2.60. The summed E-state index contributed by atoms with van der Waals surface area (Å²) in [6.45, 7) is 4.68. The minimum absolute atomic E-state index is 0.0256. The van der Waals surface area contributed by atoms with Crippen LogP contribution in [-0.4, -0.2) is 78.8 Å². The predicted octanol–water partition coefficient (Wildman–Crippen LogP) is 1.89. The van der Waals surface area contributed by atoms with Crippen LogP contribution in [0.3, 0.4) is 0 Å². The Hall–Kier alpha value is -2.28. The minimum atomic E-state index is -0.725. The third-order valence-corrected chi connectivity index (χ3v) is 6.79. The van der Waals surface area contributed by atoms with Crippen molar-refractivity contribution in [2.45, 2.75) is 19.8 Å². The minimum Gasteiger partial charge on any atom is -0.496 e. The molecule has 3 amide bonds. The Balaban J connectivity index is 1.63. The summed E-state index contributed by atoms with van der Waals surface area (Å²) in [5.41, 5.74) is -0.329. The molecule has 0 N–H and O–H groups in total. The number of carbonyl (C=O) groups is 3. The van der Waals surface area contributed by atoms with Crippen molar-refractivity contribution in [3.8, 4) is 5.75 Å². The first-order chi connectivity index (χ1) is 13.9. The molecular weight excluding hydrogens is 394 g/mol. The van der Waals surface area contributed by atoms with Crippen molar-refractivity contribution in [1.82, 2.24) is 14.7 Å². The fraction of sp³-hybridized carbons (Fsp3) is 0.571. The molecule has 3 heterocycles. The van der Waals surface area contributed by atoms with E-state index in [9.17, 15) is 14.4 Å². The molecule has 0 aliphatic carbocycles. The van der Waals surface area contributed by atoms with Gasteiger partial charge in [-0.05, 0) is 31.0 Å². The third kappa shape index (κ3) is 3.35. The second kappa shape index (κ2) is 7.52. The number of amides is 3. The zero-order valence-corrected chi connectivity index (χ0v) is 17.6. The summed E-state index contributed by atoms with van der Waals surface area (Å²) in [5.74, 6) is 0.261. The molecule has 0 bridgehead atoms. The van der Waals surface area contributed by atoms with Crippen LogP contribution in [0.15, 0.2) is 18.2 Å². The molecule has 0 spiro atoms. The quantitative estimate of drug-likeness (QED) is 0.750. The van der Waals surface area contributed by atoms with Crippen molar-refractivity contribution in [2.24, 2.45) is 11.3 Å². The van der Waals surface area contributed by atoms with Gasteiger partial charge in [-0.2, -0.15) is 0 Å². The first-order valence-corrected chi connectivity index (χ1v) is 10.4. The van der Waals surface area contributed by atoms with Crippen molar-refractivity contribution < 1.29 is 19.1 Å². The molecule has 0 radical (unpaired) electrons. The number of likely N-dealkylation sites (tertiary alicyclic amines) is 3. The molecule has 1 aromatic carbocycles. The number of methoxy groups -OCH3 is 1. The predicted molar refractivity (Wildman–Crippen MR) is 108 cm³/mol. The SMILES string of the molecule is COc1ccc(Cl)cc1C(=O)N1C[C@@H]2CN(C(C)=O)C[C@]2(C(=O)N2CCCC2)C1. The number of fused-ring (bicyclic) bond motifs is 1. The summed E-state index contributed by atoms with van der Waals surface area (Å²) in [6, 6.07) is 4.96. The molecule has 3 aliphatic rings. The molecule has 8 heteroatoms. The zero-order valence-electron chi connectivity index (χ0n) is 16.8. The van der Waals surface area contributed by atoms with Gasteiger partial charge in [0.25, 0.3) is 5.91 Å². The molecule has 3 fully saturated rings. The molecule has 29 heavy (non-hydrogen) atoms. The Labute approximate surface area is 175 Å². The second-order valence-electron chi connectivity index (χ2n) is 8.28. The van der Waals surface area contributed by atoms with Gasteiger partial charge in [0.15, 0.2) is 0 Å². The van der Waals surface area contributed by atoms with E-state index in [0.717, 1.165) is 25.9 Å². The molecule has 3 aliphatic heterocycles. The highest BCUT2D eigenvalue weighted by Crippen LogP contribution is 2.45. The van der Waals surface area contributed by atoms with Gasteiger partial charge in [0, 0.05) is 57.1 Å². The van der Waals surface area contributed by atoms with Crippen molar-refractivity contribution in [3.05, 3.63) is 28.8 Å². The van der Waals surface area contributed by atoms with Gasteiger partial charge in [0.2, 0.25) is 11.8 Å². The van der Waals surface area contributed by atoms with E-state index in [0.29, 0.717) is 42.5 Å². The third-order valence-electron chi connectivity index (χ3n) is 6.55. The van der Waals surface area contributed by atoms with Crippen LogP contribution in [0.1, 0.15) is 30.1 Å². The van der Waals surface area contributed by atoms with Crippen molar-refractivity contribution >= 4 is 29.3 Å². The van der Waals surface area contributed by atoms with Gasteiger partial charge >= 0.3 is 0 Å². The molecule has 1 aromatic rings. The molecule has 156 valence electrons. The van der Waals surface area contributed by atoms with E-state index in [1.54, 1.807) is 28.0 Å². The highest BCUT2D eigenvalue weighted by molar-refractivity contribution is 6.31. The van der Waals surface area contributed by atoms with Crippen LogP contribution in [-0.2, 0) is 9.59 Å². The summed E-state index contributed by atoms with van der Waals surface area (Å²) in [6.07, 6.45) is 2.01. The maximum absolute atomic E-state index is 13.5. The first kappa shape index (κ1) is 20.0. The molecule has 0 unspecified atom stereocenters. The standard InChI is InChI=1S/C21H26ClN3O4/c1-14(26)24-10-15-11-25(19(27)17-9-16(22)5-6-18(17)29-2)13-21(15,12-24)20(28)23-7-3-4-8-23/h5-6,9,15H,3-4,7-8,10-13H2,1-2H3/t15-,21-/m0/s1. The monoisotopic (exact) mass is 419 g/mol. The normalized spacial score (nSPS) is 26.0. The van der Waals surface area contributed by atoms with Gasteiger partial charge in [0.05, 0.1) is 18.1 Å². The van der Waals surface area contributed by atoms with Crippen molar-refractivity contribution in [3.63, 3.8) is 0 Å².